The highest BCUT2D eigenvalue weighted by atomic mass is 35.5. The van der Waals surface area contributed by atoms with Crippen molar-refractivity contribution in [1.29, 1.82) is 0 Å². The van der Waals surface area contributed by atoms with E-state index in [1.807, 2.05) is 30.3 Å². The summed E-state index contributed by atoms with van der Waals surface area (Å²) >= 11 is 0. The molecule has 0 fully saturated rings. The Hall–Kier alpha value is -1.65. The maximum Gasteiger partial charge on any atom is 0.240 e. The van der Waals surface area contributed by atoms with Gasteiger partial charge in [-0.25, -0.2) is 0 Å². The van der Waals surface area contributed by atoms with Gasteiger partial charge in [0.1, 0.15) is 0 Å². The molecule has 1 heterocycles. The van der Waals surface area contributed by atoms with Crippen molar-refractivity contribution >= 4 is 12.4 Å². The molecular weight excluding hydrogens is 238 g/mol. The van der Waals surface area contributed by atoms with Crippen LogP contribution in [-0.4, -0.2) is 16.7 Å². The Morgan fingerprint density at radius 2 is 2.06 bits per heavy atom. The summed E-state index contributed by atoms with van der Waals surface area (Å²) in [5, 5.41) is 7.02. The zero-order chi connectivity index (χ0) is 11.2. The van der Waals surface area contributed by atoms with Gasteiger partial charge in [-0.2, -0.15) is 4.98 Å². The molecule has 1 aromatic carbocycles. The van der Waals surface area contributed by atoms with E-state index in [2.05, 4.69) is 22.0 Å². The van der Waals surface area contributed by atoms with Crippen LogP contribution in [0.3, 0.4) is 0 Å². The highest BCUT2D eigenvalue weighted by Crippen LogP contribution is 2.14. The van der Waals surface area contributed by atoms with Gasteiger partial charge >= 0.3 is 0 Å². The highest BCUT2D eigenvalue weighted by Gasteiger charge is 2.06. The summed E-state index contributed by atoms with van der Waals surface area (Å²) in [6, 6.07) is 9.75. The molecule has 0 aliphatic carbocycles. The number of nitrogens with one attached hydrogen (secondary N) is 1. The lowest BCUT2D eigenvalue weighted by Gasteiger charge is -1.93. The van der Waals surface area contributed by atoms with Crippen LogP contribution in [0.15, 0.2) is 47.5 Å². The summed E-state index contributed by atoms with van der Waals surface area (Å²) in [4.78, 5) is 4.28. The van der Waals surface area contributed by atoms with Gasteiger partial charge in [0.25, 0.3) is 0 Å². The minimum absolute atomic E-state index is 0. The molecule has 0 spiro atoms. The Labute approximate surface area is 106 Å². The molecule has 4 nitrogen and oxygen atoms in total. The molecule has 17 heavy (non-hydrogen) atoms. The molecule has 0 saturated heterocycles. The molecule has 0 atom stereocenters. The minimum atomic E-state index is 0. The van der Waals surface area contributed by atoms with E-state index >= 15 is 0 Å². The van der Waals surface area contributed by atoms with Gasteiger partial charge in [0, 0.05) is 12.1 Å². The zero-order valence-corrected chi connectivity index (χ0v) is 10.1. The Bertz CT molecular complexity index is 456. The van der Waals surface area contributed by atoms with Crippen molar-refractivity contribution in [2.45, 2.75) is 6.54 Å². The number of nitrogens with zero attached hydrogens (tertiary/aromatic N) is 2. The van der Waals surface area contributed by atoms with Gasteiger partial charge < -0.3 is 9.84 Å². The normalized spacial score (nSPS) is 9.65. The van der Waals surface area contributed by atoms with Gasteiger partial charge in [-0.15, -0.1) is 19.0 Å². The molecule has 1 N–H and O–H groups in total. The van der Waals surface area contributed by atoms with Crippen LogP contribution in [0.5, 0.6) is 0 Å². The van der Waals surface area contributed by atoms with Gasteiger partial charge in [-0.3, -0.25) is 0 Å². The molecule has 2 aromatic rings. The second kappa shape index (κ2) is 6.83. The number of halogens is 1. The van der Waals surface area contributed by atoms with Crippen LogP contribution in [0.4, 0.5) is 0 Å². The number of hydrogen-bond donors (Lipinski definition) is 1. The highest BCUT2D eigenvalue weighted by molar-refractivity contribution is 5.85. The quantitative estimate of drug-likeness (QED) is 0.655. The SMILES string of the molecule is C=CCNCc1nc(-c2ccccc2)no1.Cl. The summed E-state index contributed by atoms with van der Waals surface area (Å²) in [7, 11) is 0. The molecule has 0 amide bonds. The predicted molar refractivity (Wildman–Crippen MR) is 68.9 cm³/mol. The van der Waals surface area contributed by atoms with Crippen LogP contribution in [0.25, 0.3) is 11.4 Å². The lowest BCUT2D eigenvalue weighted by atomic mass is 10.2. The van der Waals surface area contributed by atoms with Crippen molar-refractivity contribution in [2.24, 2.45) is 0 Å². The third-order valence-electron chi connectivity index (χ3n) is 2.06. The first-order valence-electron chi connectivity index (χ1n) is 5.10. The van der Waals surface area contributed by atoms with E-state index < -0.39 is 0 Å². The molecule has 0 aliphatic heterocycles. The third-order valence-corrected chi connectivity index (χ3v) is 2.06. The van der Waals surface area contributed by atoms with Crippen LogP contribution in [0.2, 0.25) is 0 Å². The average molecular weight is 252 g/mol. The first-order chi connectivity index (χ1) is 7.90. The molecule has 1 aromatic heterocycles. The molecule has 90 valence electrons. The molecule has 0 radical (unpaired) electrons. The van der Waals surface area contributed by atoms with Gasteiger partial charge in [0.05, 0.1) is 6.54 Å². The average Bonchev–Trinajstić information content (AvgIpc) is 2.79. The smallest absolute Gasteiger partial charge is 0.240 e. The second-order valence-electron chi connectivity index (χ2n) is 3.30. The summed E-state index contributed by atoms with van der Waals surface area (Å²) < 4.78 is 5.11. The Kier molecular flexibility index (Phi) is 5.39. The number of benzene rings is 1. The summed E-state index contributed by atoms with van der Waals surface area (Å²) in [6.07, 6.45) is 1.79. The molecule has 2 rings (SSSR count). The zero-order valence-electron chi connectivity index (χ0n) is 9.30. The first kappa shape index (κ1) is 13.4. The van der Waals surface area contributed by atoms with Crippen LogP contribution in [0, 0.1) is 0 Å². The largest absolute Gasteiger partial charge is 0.338 e. The predicted octanol–water partition coefficient (Wildman–Crippen LogP) is 2.43. The van der Waals surface area contributed by atoms with E-state index in [4.69, 9.17) is 4.52 Å². The van der Waals surface area contributed by atoms with Gasteiger partial charge in [-0.05, 0) is 0 Å². The van der Waals surface area contributed by atoms with E-state index in [1.54, 1.807) is 6.08 Å². The number of hydrogen-bond acceptors (Lipinski definition) is 4. The first-order valence-corrected chi connectivity index (χ1v) is 5.10. The van der Waals surface area contributed by atoms with Crippen LogP contribution < -0.4 is 5.32 Å². The van der Waals surface area contributed by atoms with Crippen molar-refractivity contribution in [1.82, 2.24) is 15.5 Å². The Balaban J connectivity index is 0.00000144. The standard InChI is InChI=1S/C12H13N3O.ClH/c1-2-8-13-9-11-14-12(15-16-11)10-6-4-3-5-7-10;/h2-7,13H,1,8-9H2;1H. The summed E-state index contributed by atoms with van der Waals surface area (Å²) in [5.74, 6) is 1.21. The van der Waals surface area contributed by atoms with Gasteiger partial charge in [0.2, 0.25) is 11.7 Å². The van der Waals surface area contributed by atoms with Crippen molar-refractivity contribution in [3.05, 3.63) is 48.9 Å². The molecule has 0 unspecified atom stereocenters. The summed E-state index contributed by atoms with van der Waals surface area (Å²) in [6.45, 7) is 4.90. The maximum atomic E-state index is 5.11. The lowest BCUT2D eigenvalue weighted by molar-refractivity contribution is 0.370. The van der Waals surface area contributed by atoms with Gasteiger partial charge in [0.15, 0.2) is 0 Å². The third kappa shape index (κ3) is 3.69. The lowest BCUT2D eigenvalue weighted by Crippen LogP contribution is -2.12. The fraction of sp³-hybridized carbons (Fsp3) is 0.167. The van der Waals surface area contributed by atoms with E-state index in [0.717, 1.165) is 12.1 Å². The molecule has 0 bridgehead atoms. The van der Waals surface area contributed by atoms with Crippen LogP contribution in [-0.2, 0) is 6.54 Å². The Morgan fingerprint density at radius 1 is 1.29 bits per heavy atom. The maximum absolute atomic E-state index is 5.11. The topological polar surface area (TPSA) is 51.0 Å². The van der Waals surface area contributed by atoms with E-state index in [1.165, 1.54) is 0 Å². The summed E-state index contributed by atoms with van der Waals surface area (Å²) in [5.41, 5.74) is 0.959. The molecule has 5 heteroatoms. The van der Waals surface area contributed by atoms with Crippen LogP contribution >= 0.6 is 12.4 Å². The minimum Gasteiger partial charge on any atom is -0.338 e. The second-order valence-corrected chi connectivity index (χ2v) is 3.30. The fourth-order valence-electron chi connectivity index (χ4n) is 1.31. The van der Waals surface area contributed by atoms with E-state index in [-0.39, 0.29) is 12.4 Å². The van der Waals surface area contributed by atoms with Crippen LogP contribution in [0.1, 0.15) is 5.89 Å². The number of rotatable bonds is 5. The molecular formula is C12H14ClN3O. The van der Waals surface area contributed by atoms with Gasteiger partial charge in [-0.1, -0.05) is 41.6 Å². The van der Waals surface area contributed by atoms with Crippen molar-refractivity contribution in [2.75, 3.05) is 6.54 Å². The molecule has 0 aliphatic rings. The van der Waals surface area contributed by atoms with E-state index in [0.29, 0.717) is 18.3 Å². The molecule has 0 saturated carbocycles. The van der Waals surface area contributed by atoms with Crippen molar-refractivity contribution < 1.29 is 4.52 Å². The van der Waals surface area contributed by atoms with Crippen molar-refractivity contribution in [3.63, 3.8) is 0 Å². The number of aromatic nitrogens is 2. The Morgan fingerprint density at radius 3 is 2.76 bits per heavy atom. The fourth-order valence-corrected chi connectivity index (χ4v) is 1.31. The van der Waals surface area contributed by atoms with Crippen molar-refractivity contribution in [3.8, 4) is 11.4 Å². The monoisotopic (exact) mass is 251 g/mol. The van der Waals surface area contributed by atoms with E-state index in [9.17, 15) is 0 Å².